The Morgan fingerprint density at radius 2 is 2.33 bits per heavy atom. The van der Waals surface area contributed by atoms with Gasteiger partial charge in [0.15, 0.2) is 0 Å². The van der Waals surface area contributed by atoms with Crippen molar-refractivity contribution >= 4 is 23.2 Å². The zero-order chi connectivity index (χ0) is 15.2. The average molecular weight is 308 g/mol. The zero-order valence-corrected chi connectivity index (χ0v) is 12.6. The van der Waals surface area contributed by atoms with Crippen molar-refractivity contribution in [2.24, 2.45) is 5.92 Å². The first-order chi connectivity index (χ1) is 10.2. The Hall–Kier alpha value is -1.61. The van der Waals surface area contributed by atoms with Gasteiger partial charge in [0.1, 0.15) is 6.07 Å². The Labute approximate surface area is 129 Å². The van der Waals surface area contributed by atoms with E-state index in [1.807, 2.05) is 6.07 Å². The van der Waals surface area contributed by atoms with E-state index < -0.39 is 0 Å². The van der Waals surface area contributed by atoms with Crippen molar-refractivity contribution in [1.82, 2.24) is 5.32 Å². The van der Waals surface area contributed by atoms with E-state index in [4.69, 9.17) is 21.6 Å². The third-order valence-electron chi connectivity index (χ3n) is 3.43. The molecule has 1 fully saturated rings. The quantitative estimate of drug-likeness (QED) is 0.874. The first-order valence-corrected chi connectivity index (χ1v) is 7.35. The van der Waals surface area contributed by atoms with Crippen molar-refractivity contribution in [2.75, 3.05) is 25.1 Å². The Morgan fingerprint density at radius 1 is 1.52 bits per heavy atom. The number of amides is 1. The molecule has 0 bridgehead atoms. The normalized spacial score (nSPS) is 21.0. The molecule has 6 heteroatoms. The van der Waals surface area contributed by atoms with E-state index in [2.05, 4.69) is 17.6 Å². The molecule has 1 saturated heterocycles. The summed E-state index contributed by atoms with van der Waals surface area (Å²) in [6.45, 7) is 3.90. The molecular formula is C15H18ClN3O2. The van der Waals surface area contributed by atoms with E-state index in [1.165, 1.54) is 0 Å². The largest absolute Gasteiger partial charge is 0.379 e. The van der Waals surface area contributed by atoms with Gasteiger partial charge in [-0.1, -0.05) is 18.5 Å². The predicted octanol–water partition coefficient (Wildman–Crippen LogP) is 2.16. The first kappa shape index (κ1) is 15.8. The standard InChI is InChI=1S/C15H18ClN3O2/c1-2-5-18-14-9-21-8-12(14)15(20)19-11-4-3-10(7-17)13(16)6-11/h3-4,6,12,14,18H,2,5,8-9H2,1H3,(H,19,20). The molecule has 1 aliphatic rings. The summed E-state index contributed by atoms with van der Waals surface area (Å²) in [5.41, 5.74) is 0.978. The molecule has 2 rings (SSSR count). The molecular weight excluding hydrogens is 290 g/mol. The first-order valence-electron chi connectivity index (χ1n) is 6.97. The van der Waals surface area contributed by atoms with Gasteiger partial charge in [0.2, 0.25) is 5.91 Å². The summed E-state index contributed by atoms with van der Waals surface area (Å²) in [7, 11) is 0. The number of rotatable bonds is 5. The summed E-state index contributed by atoms with van der Waals surface area (Å²) in [5.74, 6) is -0.312. The Balaban J connectivity index is 2.00. The fourth-order valence-electron chi connectivity index (χ4n) is 2.26. The van der Waals surface area contributed by atoms with E-state index in [9.17, 15) is 4.79 Å². The number of nitrogens with zero attached hydrogens (tertiary/aromatic N) is 1. The van der Waals surface area contributed by atoms with E-state index in [1.54, 1.807) is 18.2 Å². The van der Waals surface area contributed by atoms with Crippen LogP contribution < -0.4 is 10.6 Å². The smallest absolute Gasteiger partial charge is 0.231 e. The minimum atomic E-state index is -0.217. The second-order valence-corrected chi connectivity index (χ2v) is 5.41. The second kappa shape index (κ2) is 7.41. The number of hydrogen-bond acceptors (Lipinski definition) is 4. The fourth-order valence-corrected chi connectivity index (χ4v) is 2.48. The van der Waals surface area contributed by atoms with E-state index in [-0.39, 0.29) is 17.9 Å². The highest BCUT2D eigenvalue weighted by atomic mass is 35.5. The van der Waals surface area contributed by atoms with Gasteiger partial charge in [-0.3, -0.25) is 4.79 Å². The van der Waals surface area contributed by atoms with Crippen molar-refractivity contribution in [2.45, 2.75) is 19.4 Å². The third-order valence-corrected chi connectivity index (χ3v) is 3.74. The number of carbonyl (C=O) groups is 1. The predicted molar refractivity (Wildman–Crippen MR) is 81.2 cm³/mol. The van der Waals surface area contributed by atoms with Crippen molar-refractivity contribution in [3.8, 4) is 6.07 Å². The van der Waals surface area contributed by atoms with Crippen molar-refractivity contribution in [1.29, 1.82) is 5.26 Å². The van der Waals surface area contributed by atoms with Crippen LogP contribution in [0.1, 0.15) is 18.9 Å². The SMILES string of the molecule is CCCNC1COCC1C(=O)Nc1ccc(C#N)c(Cl)c1. The van der Waals surface area contributed by atoms with Crippen LogP contribution in [-0.2, 0) is 9.53 Å². The van der Waals surface area contributed by atoms with Gasteiger partial charge < -0.3 is 15.4 Å². The zero-order valence-electron chi connectivity index (χ0n) is 11.9. The molecule has 1 aromatic rings. The summed E-state index contributed by atoms with van der Waals surface area (Å²) in [6, 6.07) is 6.88. The lowest BCUT2D eigenvalue weighted by Crippen LogP contribution is -2.41. The third kappa shape index (κ3) is 3.94. The maximum Gasteiger partial charge on any atom is 0.231 e. The number of hydrogen-bond donors (Lipinski definition) is 2. The Bertz CT molecular complexity index is 556. The summed E-state index contributed by atoms with van der Waals surface area (Å²) in [5, 5.41) is 15.3. The minimum absolute atomic E-state index is 0.0406. The number of benzene rings is 1. The lowest BCUT2D eigenvalue weighted by atomic mass is 10.0. The molecule has 1 heterocycles. The van der Waals surface area contributed by atoms with Crippen LogP contribution in [0.4, 0.5) is 5.69 Å². The van der Waals surface area contributed by atoms with Gasteiger partial charge >= 0.3 is 0 Å². The molecule has 1 aliphatic heterocycles. The molecule has 1 aromatic carbocycles. The highest BCUT2D eigenvalue weighted by Gasteiger charge is 2.33. The Morgan fingerprint density at radius 3 is 3.00 bits per heavy atom. The topological polar surface area (TPSA) is 74.2 Å². The molecule has 1 amide bonds. The monoisotopic (exact) mass is 307 g/mol. The van der Waals surface area contributed by atoms with Gasteiger partial charge in [-0.2, -0.15) is 5.26 Å². The number of carbonyl (C=O) groups excluding carboxylic acids is 1. The average Bonchev–Trinajstić information content (AvgIpc) is 2.93. The second-order valence-electron chi connectivity index (χ2n) is 5.00. The number of nitriles is 1. The molecule has 2 unspecified atom stereocenters. The van der Waals surface area contributed by atoms with Gasteiger partial charge in [-0.15, -0.1) is 0 Å². The van der Waals surface area contributed by atoms with Crippen LogP contribution in [0.5, 0.6) is 0 Å². The van der Waals surface area contributed by atoms with Gasteiger partial charge in [0.05, 0.1) is 29.7 Å². The fraction of sp³-hybridized carbons (Fsp3) is 0.467. The van der Waals surface area contributed by atoms with Gasteiger partial charge in [-0.25, -0.2) is 0 Å². The molecule has 0 aliphatic carbocycles. The summed E-state index contributed by atoms with van der Waals surface area (Å²) < 4.78 is 5.39. The summed E-state index contributed by atoms with van der Waals surface area (Å²) in [4.78, 5) is 12.3. The van der Waals surface area contributed by atoms with Crippen LogP contribution >= 0.6 is 11.6 Å². The van der Waals surface area contributed by atoms with Gasteiger partial charge in [0, 0.05) is 11.7 Å². The lowest BCUT2D eigenvalue weighted by Gasteiger charge is -2.18. The maximum atomic E-state index is 12.3. The van der Waals surface area contributed by atoms with Crippen molar-refractivity contribution in [3.63, 3.8) is 0 Å². The van der Waals surface area contributed by atoms with Gasteiger partial charge in [0.25, 0.3) is 0 Å². The molecule has 2 atom stereocenters. The van der Waals surface area contributed by atoms with Crippen molar-refractivity contribution in [3.05, 3.63) is 28.8 Å². The maximum absolute atomic E-state index is 12.3. The van der Waals surface area contributed by atoms with Crippen LogP contribution in [0.15, 0.2) is 18.2 Å². The van der Waals surface area contributed by atoms with Crippen LogP contribution in [0.25, 0.3) is 0 Å². The molecule has 0 aromatic heterocycles. The van der Waals surface area contributed by atoms with Crippen LogP contribution in [0, 0.1) is 17.2 Å². The number of anilines is 1. The lowest BCUT2D eigenvalue weighted by molar-refractivity contribution is -0.120. The van der Waals surface area contributed by atoms with Crippen LogP contribution in [-0.4, -0.2) is 31.7 Å². The molecule has 2 N–H and O–H groups in total. The van der Waals surface area contributed by atoms with E-state index in [0.717, 1.165) is 13.0 Å². The van der Waals surface area contributed by atoms with Crippen LogP contribution in [0.3, 0.4) is 0 Å². The van der Waals surface area contributed by atoms with Gasteiger partial charge in [-0.05, 0) is 31.2 Å². The van der Waals surface area contributed by atoms with E-state index >= 15 is 0 Å². The highest BCUT2D eigenvalue weighted by Crippen LogP contribution is 2.22. The van der Waals surface area contributed by atoms with Crippen LogP contribution in [0.2, 0.25) is 5.02 Å². The Kier molecular flexibility index (Phi) is 5.57. The number of nitrogens with one attached hydrogen (secondary N) is 2. The summed E-state index contributed by atoms with van der Waals surface area (Å²) >= 11 is 5.96. The summed E-state index contributed by atoms with van der Waals surface area (Å²) in [6.07, 6.45) is 1.01. The molecule has 112 valence electrons. The minimum Gasteiger partial charge on any atom is -0.379 e. The van der Waals surface area contributed by atoms with Crippen molar-refractivity contribution < 1.29 is 9.53 Å². The molecule has 21 heavy (non-hydrogen) atoms. The molecule has 0 spiro atoms. The highest BCUT2D eigenvalue weighted by molar-refractivity contribution is 6.32. The number of ether oxygens (including phenoxy) is 1. The molecule has 0 saturated carbocycles. The molecule has 0 radical (unpaired) electrons. The molecule has 5 nitrogen and oxygen atoms in total. The number of halogens is 1. The van der Waals surface area contributed by atoms with E-state index in [0.29, 0.717) is 29.5 Å².